The lowest BCUT2D eigenvalue weighted by Gasteiger charge is -2.27. The minimum atomic E-state index is -0.239. The smallest absolute Gasteiger partial charge is 0.241 e. The van der Waals surface area contributed by atoms with Crippen LogP contribution in [0.1, 0.15) is 44.6 Å². The normalized spacial score (nSPS) is 16.3. The standard InChI is InChI=1S/C18H25BrN2O2/c1-13(2)17(14-6-8-15(19)9-7-14)18(23)20-12-16(22)21-10-4-3-5-11-21/h6-9,13,17H,3-5,10-12H2,1-2H3,(H,20,23). The van der Waals surface area contributed by atoms with Gasteiger partial charge in [-0.25, -0.2) is 0 Å². The topological polar surface area (TPSA) is 49.4 Å². The molecular formula is C18H25BrN2O2. The zero-order valence-electron chi connectivity index (χ0n) is 13.8. The first-order valence-corrected chi connectivity index (χ1v) is 9.09. The molecule has 2 rings (SSSR count). The lowest BCUT2D eigenvalue weighted by molar-refractivity contribution is -0.134. The lowest BCUT2D eigenvalue weighted by atomic mass is 9.87. The van der Waals surface area contributed by atoms with Crippen LogP contribution >= 0.6 is 15.9 Å². The molecule has 1 aromatic rings. The Morgan fingerprint density at radius 3 is 2.30 bits per heavy atom. The van der Waals surface area contributed by atoms with Crippen LogP contribution in [0.2, 0.25) is 0 Å². The molecule has 1 fully saturated rings. The summed E-state index contributed by atoms with van der Waals surface area (Å²) in [5.41, 5.74) is 0.978. The maximum absolute atomic E-state index is 12.6. The third kappa shape index (κ3) is 5.06. The number of nitrogens with zero attached hydrogens (tertiary/aromatic N) is 1. The van der Waals surface area contributed by atoms with E-state index >= 15 is 0 Å². The second kappa shape index (κ2) is 8.48. The second-order valence-electron chi connectivity index (χ2n) is 6.43. The average Bonchev–Trinajstić information content (AvgIpc) is 2.55. The molecule has 0 saturated carbocycles. The molecular weight excluding hydrogens is 356 g/mol. The van der Waals surface area contributed by atoms with Gasteiger partial charge >= 0.3 is 0 Å². The number of carbonyl (C=O) groups is 2. The van der Waals surface area contributed by atoms with Crippen molar-refractivity contribution < 1.29 is 9.59 Å². The van der Waals surface area contributed by atoms with Crippen LogP contribution in [-0.2, 0) is 9.59 Å². The van der Waals surface area contributed by atoms with Gasteiger partial charge in [0.2, 0.25) is 11.8 Å². The largest absolute Gasteiger partial charge is 0.346 e. The average molecular weight is 381 g/mol. The van der Waals surface area contributed by atoms with Crippen molar-refractivity contribution in [3.63, 3.8) is 0 Å². The van der Waals surface area contributed by atoms with Crippen LogP contribution in [0.5, 0.6) is 0 Å². The van der Waals surface area contributed by atoms with Crippen molar-refractivity contribution in [1.82, 2.24) is 10.2 Å². The van der Waals surface area contributed by atoms with E-state index in [-0.39, 0.29) is 30.2 Å². The number of hydrogen-bond donors (Lipinski definition) is 1. The van der Waals surface area contributed by atoms with E-state index in [4.69, 9.17) is 0 Å². The molecule has 1 unspecified atom stereocenters. The van der Waals surface area contributed by atoms with Gasteiger partial charge in [-0.1, -0.05) is 41.9 Å². The summed E-state index contributed by atoms with van der Waals surface area (Å²) < 4.78 is 0.990. The van der Waals surface area contributed by atoms with Crippen LogP contribution in [0.15, 0.2) is 28.7 Å². The lowest BCUT2D eigenvalue weighted by Crippen LogP contribution is -2.44. The Morgan fingerprint density at radius 2 is 1.74 bits per heavy atom. The van der Waals surface area contributed by atoms with Crippen molar-refractivity contribution in [2.75, 3.05) is 19.6 Å². The Balaban J connectivity index is 1.95. The monoisotopic (exact) mass is 380 g/mol. The maximum Gasteiger partial charge on any atom is 0.241 e. The highest BCUT2D eigenvalue weighted by Gasteiger charge is 2.25. The van der Waals surface area contributed by atoms with Crippen molar-refractivity contribution in [3.05, 3.63) is 34.3 Å². The molecule has 1 saturated heterocycles. The predicted molar refractivity (Wildman–Crippen MR) is 95.2 cm³/mol. The number of halogens is 1. The highest BCUT2D eigenvalue weighted by atomic mass is 79.9. The minimum absolute atomic E-state index is 0.0244. The number of benzene rings is 1. The van der Waals surface area contributed by atoms with E-state index < -0.39 is 0 Å². The van der Waals surface area contributed by atoms with Crippen LogP contribution in [0, 0.1) is 5.92 Å². The minimum Gasteiger partial charge on any atom is -0.346 e. The fourth-order valence-electron chi connectivity index (χ4n) is 3.04. The Morgan fingerprint density at radius 1 is 1.13 bits per heavy atom. The first-order valence-electron chi connectivity index (χ1n) is 8.30. The van der Waals surface area contributed by atoms with E-state index in [9.17, 15) is 9.59 Å². The van der Waals surface area contributed by atoms with Crippen LogP contribution in [-0.4, -0.2) is 36.3 Å². The molecule has 4 nitrogen and oxygen atoms in total. The van der Waals surface area contributed by atoms with Gasteiger partial charge in [-0.3, -0.25) is 9.59 Å². The molecule has 2 amide bonds. The molecule has 23 heavy (non-hydrogen) atoms. The summed E-state index contributed by atoms with van der Waals surface area (Å²) >= 11 is 3.41. The summed E-state index contributed by atoms with van der Waals surface area (Å²) in [6.45, 7) is 5.78. The molecule has 1 N–H and O–H groups in total. The fraction of sp³-hybridized carbons (Fsp3) is 0.556. The molecule has 0 radical (unpaired) electrons. The van der Waals surface area contributed by atoms with Gasteiger partial charge in [0, 0.05) is 17.6 Å². The van der Waals surface area contributed by atoms with Gasteiger partial charge in [-0.2, -0.15) is 0 Å². The predicted octanol–water partition coefficient (Wildman–Crippen LogP) is 3.32. The molecule has 1 aliphatic rings. The Labute approximate surface area is 146 Å². The number of carbonyl (C=O) groups excluding carboxylic acids is 2. The van der Waals surface area contributed by atoms with Crippen LogP contribution in [0.4, 0.5) is 0 Å². The molecule has 0 aromatic heterocycles. The SMILES string of the molecule is CC(C)C(C(=O)NCC(=O)N1CCCCC1)c1ccc(Br)cc1. The molecule has 1 heterocycles. The van der Waals surface area contributed by atoms with Gasteiger partial charge in [-0.15, -0.1) is 0 Å². The zero-order chi connectivity index (χ0) is 16.8. The summed E-state index contributed by atoms with van der Waals surface area (Å²) in [5, 5.41) is 2.83. The molecule has 1 aliphatic heterocycles. The Kier molecular flexibility index (Phi) is 6.63. The van der Waals surface area contributed by atoms with Crippen molar-refractivity contribution in [2.45, 2.75) is 39.0 Å². The first kappa shape index (κ1) is 18.0. The number of nitrogens with one attached hydrogen (secondary N) is 1. The molecule has 1 aromatic carbocycles. The summed E-state index contributed by atoms with van der Waals surface area (Å²) in [6, 6.07) is 7.80. The number of likely N-dealkylation sites (tertiary alicyclic amines) is 1. The quantitative estimate of drug-likeness (QED) is 0.851. The summed E-state index contributed by atoms with van der Waals surface area (Å²) in [7, 11) is 0. The zero-order valence-corrected chi connectivity index (χ0v) is 15.4. The number of hydrogen-bond acceptors (Lipinski definition) is 2. The fourth-order valence-corrected chi connectivity index (χ4v) is 3.30. The molecule has 0 spiro atoms. The van der Waals surface area contributed by atoms with Gasteiger partial charge in [0.05, 0.1) is 12.5 Å². The molecule has 0 aliphatic carbocycles. The van der Waals surface area contributed by atoms with Crippen LogP contribution in [0.3, 0.4) is 0 Å². The van der Waals surface area contributed by atoms with E-state index in [1.54, 1.807) is 0 Å². The number of piperidine rings is 1. The van der Waals surface area contributed by atoms with Gasteiger partial charge in [0.15, 0.2) is 0 Å². The highest BCUT2D eigenvalue weighted by molar-refractivity contribution is 9.10. The van der Waals surface area contributed by atoms with E-state index in [2.05, 4.69) is 21.2 Å². The number of amides is 2. The summed E-state index contributed by atoms with van der Waals surface area (Å²) in [4.78, 5) is 26.6. The van der Waals surface area contributed by atoms with Crippen molar-refractivity contribution in [1.29, 1.82) is 0 Å². The van der Waals surface area contributed by atoms with Gasteiger partial charge in [0.1, 0.15) is 0 Å². The van der Waals surface area contributed by atoms with E-state index in [1.165, 1.54) is 6.42 Å². The summed E-state index contributed by atoms with van der Waals surface area (Å²) in [5.74, 6) is -0.123. The molecule has 5 heteroatoms. The van der Waals surface area contributed by atoms with E-state index in [0.29, 0.717) is 0 Å². The Hall–Kier alpha value is -1.36. The van der Waals surface area contributed by atoms with Gasteiger partial charge in [-0.05, 0) is 42.9 Å². The third-order valence-electron chi connectivity index (χ3n) is 4.30. The van der Waals surface area contributed by atoms with E-state index in [0.717, 1.165) is 36.0 Å². The second-order valence-corrected chi connectivity index (χ2v) is 7.35. The van der Waals surface area contributed by atoms with Crippen molar-refractivity contribution in [2.24, 2.45) is 5.92 Å². The van der Waals surface area contributed by atoms with Crippen LogP contribution < -0.4 is 5.32 Å². The van der Waals surface area contributed by atoms with E-state index in [1.807, 2.05) is 43.0 Å². The third-order valence-corrected chi connectivity index (χ3v) is 4.83. The number of rotatable bonds is 5. The maximum atomic E-state index is 12.6. The van der Waals surface area contributed by atoms with Crippen LogP contribution in [0.25, 0.3) is 0 Å². The first-order chi connectivity index (χ1) is 11.0. The summed E-state index contributed by atoms with van der Waals surface area (Å²) in [6.07, 6.45) is 3.32. The molecule has 126 valence electrons. The van der Waals surface area contributed by atoms with Crippen molar-refractivity contribution >= 4 is 27.7 Å². The highest BCUT2D eigenvalue weighted by Crippen LogP contribution is 2.26. The molecule has 1 atom stereocenters. The van der Waals surface area contributed by atoms with Gasteiger partial charge in [0.25, 0.3) is 0 Å². The Bertz CT molecular complexity index is 536. The molecule has 0 bridgehead atoms. The van der Waals surface area contributed by atoms with Gasteiger partial charge < -0.3 is 10.2 Å². The van der Waals surface area contributed by atoms with Crippen molar-refractivity contribution in [3.8, 4) is 0 Å².